The Kier molecular flexibility index (Phi) is 6.39. The van der Waals surface area contributed by atoms with Crippen LogP contribution in [-0.4, -0.2) is 15.0 Å². The monoisotopic (exact) mass is 322 g/mol. The predicted molar refractivity (Wildman–Crippen MR) is 78.6 cm³/mol. The van der Waals surface area contributed by atoms with E-state index in [0.717, 1.165) is 18.9 Å². The van der Waals surface area contributed by atoms with Gasteiger partial charge < -0.3 is 5.73 Å². The first kappa shape index (κ1) is 17.4. The molecule has 0 saturated heterocycles. The molecular formula is C13H20ClFN2O2S. The number of sulfonamides is 1. The fraction of sp³-hybridized carbons (Fsp3) is 0.538. The maximum atomic E-state index is 13.6. The molecule has 3 N–H and O–H groups in total. The largest absolute Gasteiger partial charge is 0.326 e. The van der Waals surface area contributed by atoms with Crippen LogP contribution in [-0.2, 0) is 16.6 Å². The van der Waals surface area contributed by atoms with Crippen molar-refractivity contribution in [2.45, 2.75) is 38.1 Å². The number of halogens is 2. The Morgan fingerprint density at radius 3 is 2.60 bits per heavy atom. The molecule has 0 radical (unpaired) electrons. The number of nitrogens with one attached hydrogen (secondary N) is 1. The summed E-state index contributed by atoms with van der Waals surface area (Å²) in [4.78, 5) is -0.149. The summed E-state index contributed by atoms with van der Waals surface area (Å²) in [6.07, 6.45) is 1.66. The summed E-state index contributed by atoms with van der Waals surface area (Å²) in [6, 6.07) is 2.21. The lowest BCUT2D eigenvalue weighted by Gasteiger charge is -2.10. The van der Waals surface area contributed by atoms with Crippen molar-refractivity contribution in [2.24, 2.45) is 11.7 Å². The van der Waals surface area contributed by atoms with E-state index < -0.39 is 15.8 Å². The average Bonchev–Trinajstić information content (AvgIpc) is 2.37. The number of benzene rings is 1. The van der Waals surface area contributed by atoms with Crippen LogP contribution in [0.3, 0.4) is 0 Å². The SMILES string of the molecule is CC(C)CCCNS(=O)(=O)c1cc(F)c(Cl)c(CN)c1. The molecule has 0 aromatic heterocycles. The molecule has 0 fully saturated rings. The van der Waals surface area contributed by atoms with Crippen LogP contribution < -0.4 is 10.5 Å². The minimum atomic E-state index is -3.73. The Hall–Kier alpha value is -0.690. The van der Waals surface area contributed by atoms with Crippen LogP contribution in [0.2, 0.25) is 5.02 Å². The zero-order valence-corrected chi connectivity index (χ0v) is 13.2. The molecule has 0 heterocycles. The zero-order valence-electron chi connectivity index (χ0n) is 11.6. The van der Waals surface area contributed by atoms with Gasteiger partial charge in [0.25, 0.3) is 0 Å². The molecule has 0 aliphatic heterocycles. The third kappa shape index (κ3) is 4.70. The molecule has 0 spiro atoms. The average molecular weight is 323 g/mol. The summed E-state index contributed by atoms with van der Waals surface area (Å²) < 4.78 is 40.1. The van der Waals surface area contributed by atoms with Gasteiger partial charge in [-0.15, -0.1) is 0 Å². The van der Waals surface area contributed by atoms with E-state index in [1.165, 1.54) is 6.07 Å². The summed E-state index contributed by atoms with van der Waals surface area (Å²) >= 11 is 5.71. The Bertz CT molecular complexity index is 562. The summed E-state index contributed by atoms with van der Waals surface area (Å²) in [6.45, 7) is 4.43. The van der Waals surface area contributed by atoms with E-state index in [2.05, 4.69) is 18.6 Å². The quantitative estimate of drug-likeness (QED) is 0.758. The number of hydrogen-bond acceptors (Lipinski definition) is 3. The Morgan fingerprint density at radius 2 is 2.05 bits per heavy atom. The Morgan fingerprint density at radius 1 is 1.40 bits per heavy atom. The van der Waals surface area contributed by atoms with Gasteiger partial charge in [0, 0.05) is 13.1 Å². The smallest absolute Gasteiger partial charge is 0.240 e. The van der Waals surface area contributed by atoms with E-state index in [1.807, 2.05) is 0 Å². The Balaban J connectivity index is 2.85. The molecule has 0 aliphatic carbocycles. The van der Waals surface area contributed by atoms with Gasteiger partial charge >= 0.3 is 0 Å². The number of rotatable bonds is 7. The maximum Gasteiger partial charge on any atom is 0.240 e. The molecule has 0 aliphatic rings. The van der Waals surface area contributed by atoms with Crippen LogP contribution in [0.1, 0.15) is 32.3 Å². The number of hydrogen-bond donors (Lipinski definition) is 2. The van der Waals surface area contributed by atoms with Gasteiger partial charge in [0.1, 0.15) is 5.82 Å². The van der Waals surface area contributed by atoms with Gasteiger partial charge in [-0.3, -0.25) is 0 Å². The third-order valence-corrected chi connectivity index (χ3v) is 4.72. The highest BCUT2D eigenvalue weighted by Gasteiger charge is 2.18. The van der Waals surface area contributed by atoms with Gasteiger partial charge in [0.05, 0.1) is 9.92 Å². The summed E-state index contributed by atoms with van der Waals surface area (Å²) in [5.74, 6) is -0.270. The second kappa shape index (κ2) is 7.36. The maximum absolute atomic E-state index is 13.6. The van der Waals surface area contributed by atoms with Crippen molar-refractivity contribution in [3.05, 3.63) is 28.5 Å². The van der Waals surface area contributed by atoms with Crippen molar-refractivity contribution < 1.29 is 12.8 Å². The second-order valence-electron chi connectivity index (χ2n) is 5.02. The van der Waals surface area contributed by atoms with Crippen LogP contribution >= 0.6 is 11.6 Å². The molecule has 1 aromatic carbocycles. The fourth-order valence-electron chi connectivity index (χ4n) is 1.72. The first-order chi connectivity index (χ1) is 9.27. The molecule has 0 bridgehead atoms. The van der Waals surface area contributed by atoms with E-state index in [1.54, 1.807) is 0 Å². The van der Waals surface area contributed by atoms with E-state index in [0.29, 0.717) is 12.5 Å². The van der Waals surface area contributed by atoms with Crippen LogP contribution in [0.5, 0.6) is 0 Å². The van der Waals surface area contributed by atoms with E-state index >= 15 is 0 Å². The van der Waals surface area contributed by atoms with E-state index in [-0.39, 0.29) is 22.0 Å². The highest BCUT2D eigenvalue weighted by molar-refractivity contribution is 7.89. The van der Waals surface area contributed by atoms with Crippen molar-refractivity contribution >= 4 is 21.6 Å². The molecule has 0 saturated carbocycles. The van der Waals surface area contributed by atoms with Crippen molar-refractivity contribution in [3.8, 4) is 0 Å². The summed E-state index contributed by atoms with van der Waals surface area (Å²) in [7, 11) is -3.73. The fourth-order valence-corrected chi connectivity index (χ4v) is 3.04. The van der Waals surface area contributed by atoms with Gasteiger partial charge in [0.2, 0.25) is 10.0 Å². The Labute approximate surface area is 124 Å². The van der Waals surface area contributed by atoms with Gasteiger partial charge in [-0.25, -0.2) is 17.5 Å². The minimum Gasteiger partial charge on any atom is -0.326 e. The highest BCUT2D eigenvalue weighted by atomic mass is 35.5. The minimum absolute atomic E-state index is 0.0214. The molecular weight excluding hydrogens is 303 g/mol. The van der Waals surface area contributed by atoms with Crippen molar-refractivity contribution in [3.63, 3.8) is 0 Å². The third-order valence-electron chi connectivity index (χ3n) is 2.86. The first-order valence-electron chi connectivity index (χ1n) is 6.45. The first-order valence-corrected chi connectivity index (χ1v) is 8.31. The second-order valence-corrected chi connectivity index (χ2v) is 7.16. The lowest BCUT2D eigenvalue weighted by molar-refractivity contribution is 0.539. The van der Waals surface area contributed by atoms with Crippen LogP contribution in [0.15, 0.2) is 17.0 Å². The molecule has 1 rings (SSSR count). The lowest BCUT2D eigenvalue weighted by atomic mass is 10.1. The predicted octanol–water partition coefficient (Wildman–Crippen LogP) is 2.65. The van der Waals surface area contributed by atoms with Gasteiger partial charge in [0.15, 0.2) is 0 Å². The lowest BCUT2D eigenvalue weighted by Crippen LogP contribution is -2.25. The summed E-state index contributed by atoms with van der Waals surface area (Å²) in [5.41, 5.74) is 5.69. The van der Waals surface area contributed by atoms with Crippen LogP contribution in [0.4, 0.5) is 4.39 Å². The van der Waals surface area contributed by atoms with E-state index in [4.69, 9.17) is 17.3 Å². The van der Waals surface area contributed by atoms with Gasteiger partial charge in [-0.05, 0) is 36.5 Å². The molecule has 1 aromatic rings. The highest BCUT2D eigenvalue weighted by Crippen LogP contribution is 2.24. The van der Waals surface area contributed by atoms with Crippen molar-refractivity contribution in [1.82, 2.24) is 4.72 Å². The normalized spacial score (nSPS) is 12.1. The van der Waals surface area contributed by atoms with Gasteiger partial charge in [-0.2, -0.15) is 0 Å². The van der Waals surface area contributed by atoms with Crippen LogP contribution in [0, 0.1) is 11.7 Å². The molecule has 20 heavy (non-hydrogen) atoms. The molecule has 7 heteroatoms. The molecule has 114 valence electrons. The van der Waals surface area contributed by atoms with Crippen molar-refractivity contribution in [1.29, 1.82) is 0 Å². The molecule has 0 unspecified atom stereocenters. The van der Waals surface area contributed by atoms with E-state index in [9.17, 15) is 12.8 Å². The molecule has 0 amide bonds. The summed E-state index contributed by atoms with van der Waals surface area (Å²) in [5, 5.41) is -0.133. The number of nitrogens with two attached hydrogens (primary N) is 1. The zero-order chi connectivity index (χ0) is 15.3. The molecule has 0 atom stereocenters. The molecule has 4 nitrogen and oxygen atoms in total. The van der Waals surface area contributed by atoms with Crippen molar-refractivity contribution in [2.75, 3.05) is 6.54 Å². The topological polar surface area (TPSA) is 72.2 Å². The van der Waals surface area contributed by atoms with Crippen LogP contribution in [0.25, 0.3) is 0 Å². The standard InChI is InChI=1S/C13H20ClFN2O2S/c1-9(2)4-3-5-17-20(18,19)11-6-10(8-16)13(14)12(15)7-11/h6-7,9,17H,3-5,8,16H2,1-2H3. The van der Waals surface area contributed by atoms with Gasteiger partial charge in [-0.1, -0.05) is 25.4 Å².